The van der Waals surface area contributed by atoms with Crippen molar-refractivity contribution in [1.82, 2.24) is 0 Å². The third kappa shape index (κ3) is 3.89. The first-order valence-electron chi connectivity index (χ1n) is 5.32. The topological polar surface area (TPSA) is 17.1 Å². The number of rotatable bonds is 7. The lowest BCUT2D eigenvalue weighted by Crippen LogP contribution is -2.02. The predicted octanol–water partition coefficient (Wildman–Crippen LogP) is 3.18. The lowest BCUT2D eigenvalue weighted by Gasteiger charge is -2.07. The molecule has 1 unspecified atom stereocenters. The van der Waals surface area contributed by atoms with E-state index in [4.69, 9.17) is 0 Å². The summed E-state index contributed by atoms with van der Waals surface area (Å²) in [4.78, 5) is 10.6. The molecule has 1 heteroatoms. The van der Waals surface area contributed by atoms with Crippen molar-refractivity contribution in [3.63, 3.8) is 0 Å². The molecule has 0 heterocycles. The molecule has 0 aromatic carbocycles. The Hall–Kier alpha value is -0.330. The van der Waals surface area contributed by atoms with E-state index in [1.807, 2.05) is 0 Å². The number of hydrogen-bond donors (Lipinski definition) is 0. The van der Waals surface area contributed by atoms with Crippen molar-refractivity contribution < 1.29 is 4.79 Å². The summed E-state index contributed by atoms with van der Waals surface area (Å²) in [5, 5.41) is 0. The predicted molar refractivity (Wildman–Crippen MR) is 51.0 cm³/mol. The van der Waals surface area contributed by atoms with E-state index in [9.17, 15) is 4.79 Å². The van der Waals surface area contributed by atoms with E-state index in [2.05, 4.69) is 6.92 Å². The number of aldehydes is 1. The van der Waals surface area contributed by atoms with Crippen LogP contribution in [0.2, 0.25) is 0 Å². The SMILES string of the molecule is CCCCC(C=O)CCC1CC1. The van der Waals surface area contributed by atoms with Gasteiger partial charge < -0.3 is 4.79 Å². The van der Waals surface area contributed by atoms with Gasteiger partial charge in [-0.05, 0) is 25.2 Å². The minimum absolute atomic E-state index is 0.366. The third-order valence-electron chi connectivity index (χ3n) is 2.76. The molecule has 0 radical (unpaired) electrons. The summed E-state index contributed by atoms with van der Waals surface area (Å²) in [5.41, 5.74) is 0. The van der Waals surface area contributed by atoms with Crippen LogP contribution in [-0.4, -0.2) is 6.29 Å². The molecule has 1 aliphatic carbocycles. The van der Waals surface area contributed by atoms with Gasteiger partial charge in [0.2, 0.25) is 0 Å². The molecule has 1 fully saturated rings. The van der Waals surface area contributed by atoms with Gasteiger partial charge in [-0.15, -0.1) is 0 Å². The van der Waals surface area contributed by atoms with Crippen LogP contribution in [0.25, 0.3) is 0 Å². The molecule has 1 nitrogen and oxygen atoms in total. The summed E-state index contributed by atoms with van der Waals surface area (Å²) >= 11 is 0. The molecule has 1 atom stereocenters. The average molecular weight is 168 g/mol. The van der Waals surface area contributed by atoms with Gasteiger partial charge in [0.05, 0.1) is 0 Å². The van der Waals surface area contributed by atoms with Crippen LogP contribution in [0.4, 0.5) is 0 Å². The van der Waals surface area contributed by atoms with E-state index >= 15 is 0 Å². The Labute approximate surface area is 75.5 Å². The highest BCUT2D eigenvalue weighted by atomic mass is 16.1. The smallest absolute Gasteiger partial charge is 0.123 e. The minimum atomic E-state index is 0.366. The van der Waals surface area contributed by atoms with Crippen LogP contribution in [0.1, 0.15) is 51.9 Å². The van der Waals surface area contributed by atoms with Crippen molar-refractivity contribution in [2.45, 2.75) is 51.9 Å². The maximum absolute atomic E-state index is 10.6. The molecule has 0 aromatic rings. The van der Waals surface area contributed by atoms with E-state index in [0.29, 0.717) is 5.92 Å². The van der Waals surface area contributed by atoms with E-state index in [-0.39, 0.29) is 0 Å². The Balaban J connectivity index is 2.01. The molecule has 0 saturated heterocycles. The lowest BCUT2D eigenvalue weighted by molar-refractivity contribution is -0.111. The van der Waals surface area contributed by atoms with Crippen LogP contribution in [0.5, 0.6) is 0 Å². The maximum atomic E-state index is 10.6. The molecule has 0 spiro atoms. The Morgan fingerprint density at radius 2 is 2.17 bits per heavy atom. The van der Waals surface area contributed by atoms with Crippen LogP contribution >= 0.6 is 0 Å². The zero-order valence-corrected chi connectivity index (χ0v) is 8.09. The van der Waals surface area contributed by atoms with Gasteiger partial charge in [0.15, 0.2) is 0 Å². The Bertz CT molecular complexity index is 127. The van der Waals surface area contributed by atoms with Crippen LogP contribution in [0, 0.1) is 11.8 Å². The summed E-state index contributed by atoms with van der Waals surface area (Å²) in [6.07, 6.45) is 9.99. The molecule has 0 amide bonds. The second-order valence-corrected chi connectivity index (χ2v) is 4.06. The Morgan fingerprint density at radius 1 is 1.42 bits per heavy atom. The van der Waals surface area contributed by atoms with Crippen molar-refractivity contribution in [3.8, 4) is 0 Å². The van der Waals surface area contributed by atoms with Crippen LogP contribution in [0.3, 0.4) is 0 Å². The average Bonchev–Trinajstić information content (AvgIpc) is 2.89. The first-order valence-corrected chi connectivity index (χ1v) is 5.32. The molecule has 0 N–H and O–H groups in total. The van der Waals surface area contributed by atoms with Gasteiger partial charge >= 0.3 is 0 Å². The Kier molecular flexibility index (Phi) is 4.34. The van der Waals surface area contributed by atoms with E-state index in [0.717, 1.165) is 25.0 Å². The number of carbonyl (C=O) groups excluding carboxylic acids is 1. The van der Waals surface area contributed by atoms with Crippen molar-refractivity contribution in [2.24, 2.45) is 11.8 Å². The fraction of sp³-hybridized carbons (Fsp3) is 0.909. The van der Waals surface area contributed by atoms with Crippen molar-refractivity contribution in [2.75, 3.05) is 0 Å². The molecule has 1 saturated carbocycles. The van der Waals surface area contributed by atoms with E-state index < -0.39 is 0 Å². The molecular formula is C11H20O. The minimum Gasteiger partial charge on any atom is -0.303 e. The monoisotopic (exact) mass is 168 g/mol. The fourth-order valence-corrected chi connectivity index (χ4v) is 1.60. The van der Waals surface area contributed by atoms with Gasteiger partial charge in [-0.2, -0.15) is 0 Å². The molecule has 1 aliphatic rings. The largest absolute Gasteiger partial charge is 0.303 e. The number of unbranched alkanes of at least 4 members (excludes halogenated alkanes) is 1. The quantitative estimate of drug-likeness (QED) is 0.533. The van der Waals surface area contributed by atoms with Crippen LogP contribution in [0.15, 0.2) is 0 Å². The van der Waals surface area contributed by atoms with Gasteiger partial charge in [-0.1, -0.05) is 32.6 Å². The molecule has 0 bridgehead atoms. The molecule has 0 aromatic heterocycles. The van der Waals surface area contributed by atoms with E-state index in [1.165, 1.54) is 32.1 Å². The standard InChI is InChI=1S/C11H20O/c1-2-3-4-11(9-12)8-7-10-5-6-10/h9-11H,2-8H2,1H3. The van der Waals surface area contributed by atoms with Crippen molar-refractivity contribution >= 4 is 6.29 Å². The van der Waals surface area contributed by atoms with Crippen molar-refractivity contribution in [3.05, 3.63) is 0 Å². The van der Waals surface area contributed by atoms with E-state index in [1.54, 1.807) is 0 Å². The number of hydrogen-bond acceptors (Lipinski definition) is 1. The van der Waals surface area contributed by atoms with Gasteiger partial charge in [-0.25, -0.2) is 0 Å². The van der Waals surface area contributed by atoms with Crippen LogP contribution in [-0.2, 0) is 4.79 Å². The molecule has 1 rings (SSSR count). The zero-order chi connectivity index (χ0) is 8.81. The Morgan fingerprint density at radius 3 is 2.67 bits per heavy atom. The summed E-state index contributed by atoms with van der Waals surface area (Å²) in [6, 6.07) is 0. The molecule has 70 valence electrons. The maximum Gasteiger partial charge on any atom is 0.123 e. The van der Waals surface area contributed by atoms with Gasteiger partial charge in [-0.3, -0.25) is 0 Å². The first kappa shape index (κ1) is 9.76. The van der Waals surface area contributed by atoms with Gasteiger partial charge in [0.1, 0.15) is 6.29 Å². The highest BCUT2D eigenvalue weighted by Gasteiger charge is 2.22. The molecule has 12 heavy (non-hydrogen) atoms. The van der Waals surface area contributed by atoms with Crippen LogP contribution < -0.4 is 0 Å². The van der Waals surface area contributed by atoms with Crippen molar-refractivity contribution in [1.29, 1.82) is 0 Å². The summed E-state index contributed by atoms with van der Waals surface area (Å²) in [6.45, 7) is 2.18. The highest BCUT2D eigenvalue weighted by Crippen LogP contribution is 2.34. The third-order valence-corrected chi connectivity index (χ3v) is 2.76. The fourth-order valence-electron chi connectivity index (χ4n) is 1.60. The zero-order valence-electron chi connectivity index (χ0n) is 8.09. The highest BCUT2D eigenvalue weighted by molar-refractivity contribution is 5.53. The second-order valence-electron chi connectivity index (χ2n) is 4.06. The summed E-state index contributed by atoms with van der Waals surface area (Å²) < 4.78 is 0. The summed E-state index contributed by atoms with van der Waals surface area (Å²) in [7, 11) is 0. The summed E-state index contributed by atoms with van der Waals surface area (Å²) in [5.74, 6) is 1.35. The first-order chi connectivity index (χ1) is 5.86. The van der Waals surface area contributed by atoms with Gasteiger partial charge in [0, 0.05) is 5.92 Å². The molecule has 0 aliphatic heterocycles. The van der Waals surface area contributed by atoms with Gasteiger partial charge in [0.25, 0.3) is 0 Å². The second kappa shape index (κ2) is 5.34. The number of carbonyl (C=O) groups is 1. The normalized spacial score (nSPS) is 19.1. The lowest BCUT2D eigenvalue weighted by atomic mass is 9.97. The molecular weight excluding hydrogens is 148 g/mol.